The third-order valence-electron chi connectivity index (χ3n) is 4.43. The number of aryl methyl sites for hydroxylation is 2. The van der Waals surface area contributed by atoms with E-state index in [1.54, 1.807) is 18.2 Å². The molecule has 128 valence electrons. The number of hydrogen-bond acceptors (Lipinski definition) is 4. The molecule has 1 aliphatic carbocycles. The Morgan fingerprint density at radius 1 is 1.08 bits per heavy atom. The van der Waals surface area contributed by atoms with Crippen LogP contribution >= 0.6 is 7.60 Å². The molecule has 1 unspecified atom stereocenters. The molecule has 6 heteroatoms. The highest BCUT2D eigenvalue weighted by atomic mass is 31.2. The molecule has 0 aliphatic heterocycles. The van der Waals surface area contributed by atoms with E-state index in [4.69, 9.17) is 9.05 Å². The van der Waals surface area contributed by atoms with Crippen molar-refractivity contribution in [2.75, 3.05) is 19.5 Å². The maximum absolute atomic E-state index is 14.3. The Bertz CT molecular complexity index is 773. The Morgan fingerprint density at radius 2 is 1.79 bits per heavy atom. The van der Waals surface area contributed by atoms with Crippen LogP contribution in [0.4, 0.5) is 10.1 Å². The summed E-state index contributed by atoms with van der Waals surface area (Å²) in [5, 5.41) is 3.16. The van der Waals surface area contributed by atoms with Crippen molar-refractivity contribution >= 4 is 13.3 Å². The van der Waals surface area contributed by atoms with E-state index >= 15 is 0 Å². The van der Waals surface area contributed by atoms with Crippen LogP contribution in [0.5, 0.6) is 0 Å². The summed E-state index contributed by atoms with van der Waals surface area (Å²) in [6, 6.07) is 12.2. The summed E-state index contributed by atoms with van der Waals surface area (Å²) in [6.45, 7) is 0. The molecule has 0 radical (unpaired) electrons. The first kappa shape index (κ1) is 17.2. The smallest absolute Gasteiger partial charge is 0.356 e. The summed E-state index contributed by atoms with van der Waals surface area (Å²) in [5.41, 5.74) is 3.64. The highest BCUT2D eigenvalue weighted by Crippen LogP contribution is 2.60. The Kier molecular flexibility index (Phi) is 5.04. The first-order valence-corrected chi connectivity index (χ1v) is 9.52. The molecule has 0 bridgehead atoms. The molecule has 2 aromatic rings. The molecule has 0 heterocycles. The Hall–Kier alpha value is -1.68. The Labute approximate surface area is 141 Å². The quantitative estimate of drug-likeness (QED) is 0.753. The predicted octanol–water partition coefficient (Wildman–Crippen LogP) is 4.91. The van der Waals surface area contributed by atoms with Crippen LogP contribution in [0.3, 0.4) is 0 Å². The van der Waals surface area contributed by atoms with Gasteiger partial charge in [0.05, 0.1) is 0 Å². The number of rotatable bonds is 6. The summed E-state index contributed by atoms with van der Waals surface area (Å²) in [6.07, 6.45) is 3.26. The van der Waals surface area contributed by atoms with Gasteiger partial charge in [-0.1, -0.05) is 24.3 Å². The van der Waals surface area contributed by atoms with Crippen LogP contribution < -0.4 is 5.32 Å². The van der Waals surface area contributed by atoms with Crippen LogP contribution in [0.2, 0.25) is 0 Å². The number of hydrogen-bond donors (Lipinski definition) is 1. The van der Waals surface area contributed by atoms with Crippen LogP contribution in [-0.4, -0.2) is 14.2 Å². The standard InChI is InChI=1S/C18H21FNO3P/c1-22-24(21,23-2)18(16-8-3-4-9-17(16)19)20-15-11-10-13-6-5-7-14(13)12-15/h3-4,8-12,18,20H,5-7H2,1-2H3. The second-order valence-electron chi connectivity index (χ2n) is 5.81. The molecule has 24 heavy (non-hydrogen) atoms. The maximum Gasteiger partial charge on any atom is 0.356 e. The largest absolute Gasteiger partial charge is 0.368 e. The van der Waals surface area contributed by atoms with Gasteiger partial charge in [0.1, 0.15) is 5.82 Å². The molecule has 0 fully saturated rings. The van der Waals surface area contributed by atoms with E-state index in [-0.39, 0.29) is 5.56 Å². The number of benzene rings is 2. The van der Waals surface area contributed by atoms with Gasteiger partial charge in [0, 0.05) is 25.5 Å². The monoisotopic (exact) mass is 349 g/mol. The second kappa shape index (κ2) is 7.06. The highest BCUT2D eigenvalue weighted by Gasteiger charge is 2.37. The van der Waals surface area contributed by atoms with Crippen LogP contribution in [0.15, 0.2) is 42.5 Å². The van der Waals surface area contributed by atoms with Crippen molar-refractivity contribution in [2.45, 2.75) is 25.0 Å². The zero-order chi connectivity index (χ0) is 17.2. The fraction of sp³-hybridized carbons (Fsp3) is 0.333. The molecular formula is C18H21FNO3P. The lowest BCUT2D eigenvalue weighted by Crippen LogP contribution is -2.15. The van der Waals surface area contributed by atoms with Gasteiger partial charge in [0.2, 0.25) is 0 Å². The number of fused-ring (bicyclic) bond motifs is 1. The molecule has 1 atom stereocenters. The van der Waals surface area contributed by atoms with Crippen molar-refractivity contribution in [2.24, 2.45) is 0 Å². The summed E-state index contributed by atoms with van der Waals surface area (Å²) >= 11 is 0. The van der Waals surface area contributed by atoms with Crippen molar-refractivity contribution in [1.29, 1.82) is 0 Å². The molecule has 3 rings (SSSR count). The molecule has 0 amide bonds. The minimum Gasteiger partial charge on any atom is -0.368 e. The SMILES string of the molecule is COP(=O)(OC)C(Nc1ccc2c(c1)CCC2)c1ccccc1F. The van der Waals surface area contributed by atoms with Crippen LogP contribution in [0.1, 0.15) is 28.9 Å². The van der Waals surface area contributed by atoms with E-state index in [1.807, 2.05) is 12.1 Å². The van der Waals surface area contributed by atoms with Crippen LogP contribution in [0.25, 0.3) is 0 Å². The first-order valence-electron chi connectivity index (χ1n) is 7.91. The van der Waals surface area contributed by atoms with Crippen molar-refractivity contribution in [3.05, 3.63) is 65.0 Å². The summed E-state index contributed by atoms with van der Waals surface area (Å²) in [7, 11) is -0.960. The average molecular weight is 349 g/mol. The molecular weight excluding hydrogens is 328 g/mol. The number of halogens is 1. The van der Waals surface area contributed by atoms with Crippen molar-refractivity contribution < 1.29 is 18.0 Å². The van der Waals surface area contributed by atoms with Gasteiger partial charge < -0.3 is 14.4 Å². The normalized spacial score (nSPS) is 15.1. The summed E-state index contributed by atoms with van der Waals surface area (Å²) in [4.78, 5) is 0. The third-order valence-corrected chi connectivity index (χ3v) is 6.48. The van der Waals surface area contributed by atoms with Gasteiger partial charge >= 0.3 is 7.60 Å². The van der Waals surface area contributed by atoms with Gasteiger partial charge in [-0.15, -0.1) is 0 Å². The third kappa shape index (κ3) is 3.25. The van der Waals surface area contributed by atoms with Crippen LogP contribution in [0, 0.1) is 5.82 Å². The highest BCUT2D eigenvalue weighted by molar-refractivity contribution is 7.54. The van der Waals surface area contributed by atoms with E-state index in [9.17, 15) is 8.96 Å². The zero-order valence-corrected chi connectivity index (χ0v) is 14.7. The van der Waals surface area contributed by atoms with E-state index in [2.05, 4.69) is 11.4 Å². The van der Waals surface area contributed by atoms with E-state index in [0.29, 0.717) is 0 Å². The van der Waals surface area contributed by atoms with Crippen molar-refractivity contribution in [3.63, 3.8) is 0 Å². The molecule has 0 spiro atoms. The first-order chi connectivity index (χ1) is 11.6. The topological polar surface area (TPSA) is 47.6 Å². The lowest BCUT2D eigenvalue weighted by Gasteiger charge is -2.27. The van der Waals surface area contributed by atoms with E-state index < -0.39 is 19.2 Å². The van der Waals surface area contributed by atoms with E-state index in [0.717, 1.165) is 24.9 Å². The summed E-state index contributed by atoms with van der Waals surface area (Å²) in [5.74, 6) is -1.38. The fourth-order valence-electron chi connectivity index (χ4n) is 3.13. The summed E-state index contributed by atoms with van der Waals surface area (Å²) < 4.78 is 37.5. The zero-order valence-electron chi connectivity index (χ0n) is 13.8. The molecule has 1 N–H and O–H groups in total. The van der Waals surface area contributed by atoms with E-state index in [1.165, 1.54) is 31.4 Å². The van der Waals surface area contributed by atoms with Gasteiger partial charge in [-0.25, -0.2) is 4.39 Å². The molecule has 1 aliphatic rings. The lowest BCUT2D eigenvalue weighted by atomic mass is 10.1. The van der Waals surface area contributed by atoms with Gasteiger partial charge in [-0.05, 0) is 48.6 Å². The van der Waals surface area contributed by atoms with Gasteiger partial charge in [-0.2, -0.15) is 0 Å². The minimum absolute atomic E-state index is 0.255. The maximum atomic E-state index is 14.3. The van der Waals surface area contributed by atoms with Crippen molar-refractivity contribution in [1.82, 2.24) is 0 Å². The van der Waals surface area contributed by atoms with Gasteiger partial charge in [0.15, 0.2) is 5.78 Å². The molecule has 4 nitrogen and oxygen atoms in total. The molecule has 0 saturated heterocycles. The van der Waals surface area contributed by atoms with Crippen molar-refractivity contribution in [3.8, 4) is 0 Å². The Balaban J connectivity index is 1.99. The number of nitrogens with one attached hydrogen (secondary N) is 1. The molecule has 2 aromatic carbocycles. The molecule has 0 aromatic heterocycles. The van der Waals surface area contributed by atoms with Gasteiger partial charge in [-0.3, -0.25) is 4.57 Å². The number of anilines is 1. The lowest BCUT2D eigenvalue weighted by molar-refractivity contribution is 0.268. The minimum atomic E-state index is -3.58. The predicted molar refractivity (Wildman–Crippen MR) is 92.9 cm³/mol. The molecule has 0 saturated carbocycles. The fourth-order valence-corrected chi connectivity index (χ4v) is 4.56. The van der Waals surface area contributed by atoms with Crippen LogP contribution in [-0.2, 0) is 26.5 Å². The average Bonchev–Trinajstić information content (AvgIpc) is 3.07. The second-order valence-corrected chi connectivity index (χ2v) is 8.14. The Morgan fingerprint density at radius 3 is 2.50 bits per heavy atom. The van der Waals surface area contributed by atoms with Gasteiger partial charge in [0.25, 0.3) is 0 Å².